The number of aliphatic carboxylic acids is 1. The molecule has 0 aromatic rings. The van der Waals surface area contributed by atoms with Gasteiger partial charge in [0.25, 0.3) is 0 Å². The highest BCUT2D eigenvalue weighted by molar-refractivity contribution is 5.77. The maximum atomic E-state index is 12.8. The van der Waals surface area contributed by atoms with E-state index in [-0.39, 0.29) is 24.5 Å². The summed E-state index contributed by atoms with van der Waals surface area (Å²) < 4.78 is 5.33. The summed E-state index contributed by atoms with van der Waals surface area (Å²) in [6.45, 7) is 2.87. The van der Waals surface area contributed by atoms with Gasteiger partial charge in [-0.1, -0.05) is 0 Å². The summed E-state index contributed by atoms with van der Waals surface area (Å²) in [4.78, 5) is 29.4. The van der Waals surface area contributed by atoms with E-state index in [1.807, 2.05) is 19.0 Å². The maximum absolute atomic E-state index is 12.8. The lowest BCUT2D eigenvalue weighted by atomic mass is 10.1. The average molecular weight is 299 g/mol. The van der Waals surface area contributed by atoms with Crippen LogP contribution in [0.15, 0.2) is 0 Å². The van der Waals surface area contributed by atoms with Crippen molar-refractivity contribution in [3.8, 4) is 0 Å². The average Bonchev–Trinajstić information content (AvgIpc) is 2.85. The third kappa shape index (κ3) is 4.07. The van der Waals surface area contributed by atoms with Gasteiger partial charge in [0.2, 0.25) is 0 Å². The van der Waals surface area contributed by atoms with E-state index in [1.54, 1.807) is 4.90 Å². The summed E-state index contributed by atoms with van der Waals surface area (Å²) in [6.07, 6.45) is 1.97. The van der Waals surface area contributed by atoms with E-state index in [1.165, 1.54) is 0 Å². The van der Waals surface area contributed by atoms with Crippen LogP contribution in [0.4, 0.5) is 4.79 Å². The van der Waals surface area contributed by atoms with Gasteiger partial charge in [-0.15, -0.1) is 0 Å². The molecule has 0 radical (unpaired) electrons. The van der Waals surface area contributed by atoms with Crippen LogP contribution < -0.4 is 0 Å². The first-order valence-electron chi connectivity index (χ1n) is 7.50. The number of likely N-dealkylation sites (tertiary alicyclic amines) is 1. The minimum Gasteiger partial charge on any atom is -0.481 e. The largest absolute Gasteiger partial charge is 0.481 e. The number of ether oxygens (including phenoxy) is 1. The van der Waals surface area contributed by atoms with Crippen LogP contribution in [-0.4, -0.2) is 90.8 Å². The van der Waals surface area contributed by atoms with Crippen molar-refractivity contribution < 1.29 is 19.4 Å². The molecule has 2 aliphatic rings. The van der Waals surface area contributed by atoms with E-state index >= 15 is 0 Å². The molecule has 0 spiro atoms. The Morgan fingerprint density at radius 1 is 1.24 bits per heavy atom. The molecule has 2 heterocycles. The Labute approximate surface area is 125 Å². The van der Waals surface area contributed by atoms with Crippen molar-refractivity contribution in [3.63, 3.8) is 0 Å². The van der Waals surface area contributed by atoms with Crippen molar-refractivity contribution in [2.24, 2.45) is 0 Å². The van der Waals surface area contributed by atoms with Gasteiger partial charge < -0.3 is 24.5 Å². The number of nitrogens with zero attached hydrogens (tertiary/aromatic N) is 3. The highest BCUT2D eigenvalue weighted by Gasteiger charge is 2.36. The van der Waals surface area contributed by atoms with Gasteiger partial charge in [0, 0.05) is 25.7 Å². The molecule has 7 heteroatoms. The second-order valence-electron chi connectivity index (χ2n) is 6.05. The second kappa shape index (κ2) is 7.09. The fraction of sp³-hybridized carbons (Fsp3) is 0.857. The Hall–Kier alpha value is -1.34. The van der Waals surface area contributed by atoms with Crippen molar-refractivity contribution in [1.29, 1.82) is 0 Å². The van der Waals surface area contributed by atoms with Crippen LogP contribution in [0.5, 0.6) is 0 Å². The molecule has 0 aromatic heterocycles. The zero-order valence-corrected chi connectivity index (χ0v) is 12.8. The Bertz CT molecular complexity index is 388. The number of urea groups is 1. The molecule has 2 saturated heterocycles. The SMILES string of the molecule is CN(C)CC1CCCN1C(=O)N1CCOCC1CC(=O)O. The summed E-state index contributed by atoms with van der Waals surface area (Å²) in [6, 6.07) is -0.168. The van der Waals surface area contributed by atoms with Gasteiger partial charge in [-0.3, -0.25) is 4.79 Å². The molecule has 2 fully saturated rings. The summed E-state index contributed by atoms with van der Waals surface area (Å²) in [5.41, 5.74) is 0. The molecule has 0 aliphatic carbocycles. The van der Waals surface area contributed by atoms with Crippen LogP contribution in [0.25, 0.3) is 0 Å². The van der Waals surface area contributed by atoms with Crippen LogP contribution in [0.2, 0.25) is 0 Å². The predicted octanol–water partition coefficient (Wildman–Crippen LogP) is 0.308. The molecule has 7 nitrogen and oxygen atoms in total. The van der Waals surface area contributed by atoms with Crippen LogP contribution in [0, 0.1) is 0 Å². The number of amides is 2. The van der Waals surface area contributed by atoms with Gasteiger partial charge in [0.1, 0.15) is 0 Å². The lowest BCUT2D eigenvalue weighted by molar-refractivity contribution is -0.139. The smallest absolute Gasteiger partial charge is 0.320 e. The van der Waals surface area contributed by atoms with Crippen molar-refractivity contribution in [1.82, 2.24) is 14.7 Å². The molecular weight excluding hydrogens is 274 g/mol. The quantitative estimate of drug-likeness (QED) is 0.808. The topological polar surface area (TPSA) is 73.3 Å². The number of carboxylic acids is 1. The Balaban J connectivity index is 2.03. The van der Waals surface area contributed by atoms with Gasteiger partial charge in [0.15, 0.2) is 0 Å². The molecule has 120 valence electrons. The van der Waals surface area contributed by atoms with Crippen molar-refractivity contribution in [2.75, 3.05) is 46.9 Å². The number of carboxylic acid groups (broad SMARTS) is 1. The summed E-state index contributed by atoms with van der Waals surface area (Å²) in [5, 5.41) is 8.99. The van der Waals surface area contributed by atoms with Gasteiger partial charge in [-0.25, -0.2) is 4.79 Å². The Kier molecular flexibility index (Phi) is 5.41. The van der Waals surface area contributed by atoms with Crippen LogP contribution in [0.1, 0.15) is 19.3 Å². The molecule has 2 amide bonds. The van der Waals surface area contributed by atoms with Crippen LogP contribution >= 0.6 is 0 Å². The molecule has 0 saturated carbocycles. The van der Waals surface area contributed by atoms with E-state index in [2.05, 4.69) is 4.90 Å². The zero-order valence-electron chi connectivity index (χ0n) is 12.8. The fourth-order valence-electron chi connectivity index (χ4n) is 3.14. The van der Waals surface area contributed by atoms with Crippen LogP contribution in [0.3, 0.4) is 0 Å². The van der Waals surface area contributed by atoms with Gasteiger partial charge in [-0.2, -0.15) is 0 Å². The van der Waals surface area contributed by atoms with Crippen LogP contribution in [-0.2, 0) is 9.53 Å². The Morgan fingerprint density at radius 3 is 2.62 bits per heavy atom. The van der Waals surface area contributed by atoms with E-state index in [0.29, 0.717) is 19.8 Å². The first-order valence-corrected chi connectivity index (χ1v) is 7.50. The molecule has 2 atom stereocenters. The highest BCUT2D eigenvalue weighted by Crippen LogP contribution is 2.22. The third-order valence-electron chi connectivity index (χ3n) is 4.08. The molecule has 0 bridgehead atoms. The van der Waals surface area contributed by atoms with E-state index in [9.17, 15) is 9.59 Å². The number of likely N-dealkylation sites (N-methyl/N-ethyl adjacent to an activating group) is 1. The number of hydrogen-bond donors (Lipinski definition) is 1. The molecule has 21 heavy (non-hydrogen) atoms. The minimum atomic E-state index is -0.894. The fourth-order valence-corrected chi connectivity index (χ4v) is 3.14. The number of morpholine rings is 1. The molecule has 1 N–H and O–H groups in total. The molecule has 2 unspecified atom stereocenters. The molecule has 0 aromatic carbocycles. The van der Waals surface area contributed by atoms with E-state index in [0.717, 1.165) is 25.9 Å². The first kappa shape index (κ1) is 16.0. The molecule has 2 rings (SSSR count). The van der Waals surface area contributed by atoms with Gasteiger partial charge in [-0.05, 0) is 26.9 Å². The standard InChI is InChI=1S/C14H25N3O4/c1-15(2)9-11-4-3-5-16(11)14(20)17-6-7-21-10-12(17)8-13(18)19/h11-12H,3-10H2,1-2H3,(H,18,19). The lowest BCUT2D eigenvalue weighted by Gasteiger charge is -2.39. The van der Waals surface area contributed by atoms with Crippen molar-refractivity contribution >= 4 is 12.0 Å². The van der Waals surface area contributed by atoms with Crippen molar-refractivity contribution in [2.45, 2.75) is 31.3 Å². The second-order valence-corrected chi connectivity index (χ2v) is 6.05. The lowest BCUT2D eigenvalue weighted by Crippen LogP contribution is -2.56. The molecule has 2 aliphatic heterocycles. The molecular formula is C14H25N3O4. The third-order valence-corrected chi connectivity index (χ3v) is 4.08. The first-order chi connectivity index (χ1) is 9.99. The number of rotatable bonds is 4. The predicted molar refractivity (Wildman–Crippen MR) is 77.2 cm³/mol. The zero-order chi connectivity index (χ0) is 15.4. The summed E-state index contributed by atoms with van der Waals surface area (Å²) in [7, 11) is 4.01. The van der Waals surface area contributed by atoms with E-state index in [4.69, 9.17) is 9.84 Å². The highest BCUT2D eigenvalue weighted by atomic mass is 16.5. The number of carbonyl (C=O) groups excluding carboxylic acids is 1. The normalized spacial score (nSPS) is 26.4. The van der Waals surface area contributed by atoms with E-state index < -0.39 is 5.97 Å². The van der Waals surface area contributed by atoms with Crippen molar-refractivity contribution in [3.05, 3.63) is 0 Å². The summed E-state index contributed by atoms with van der Waals surface area (Å²) >= 11 is 0. The minimum absolute atomic E-state index is 0.0334. The summed E-state index contributed by atoms with van der Waals surface area (Å²) in [5.74, 6) is -0.894. The van der Waals surface area contributed by atoms with Gasteiger partial charge >= 0.3 is 12.0 Å². The number of hydrogen-bond acceptors (Lipinski definition) is 4. The van der Waals surface area contributed by atoms with Gasteiger partial charge in [0.05, 0.1) is 25.7 Å². The number of carbonyl (C=O) groups is 2. The maximum Gasteiger partial charge on any atom is 0.320 e. The monoisotopic (exact) mass is 299 g/mol. The Morgan fingerprint density at radius 2 is 1.95 bits per heavy atom.